The summed E-state index contributed by atoms with van der Waals surface area (Å²) in [5, 5.41) is 3.10. The molecule has 19 heavy (non-hydrogen) atoms. The van der Waals surface area contributed by atoms with E-state index in [1.165, 1.54) is 12.1 Å². The van der Waals surface area contributed by atoms with Crippen LogP contribution in [0.1, 0.15) is 16.5 Å². The summed E-state index contributed by atoms with van der Waals surface area (Å²) in [5.41, 5.74) is 0.0956. The molecule has 0 radical (unpaired) electrons. The zero-order valence-corrected chi connectivity index (χ0v) is 14.0. The van der Waals surface area contributed by atoms with Crippen molar-refractivity contribution >= 4 is 43.2 Å². The third-order valence-corrected chi connectivity index (χ3v) is 5.18. The number of hydrogen-bond acceptors (Lipinski definition) is 2. The lowest BCUT2D eigenvalue weighted by atomic mass is 10.0. The van der Waals surface area contributed by atoms with E-state index in [0.29, 0.717) is 0 Å². The van der Waals surface area contributed by atoms with Crippen LogP contribution in [0.5, 0.6) is 0 Å². The molecule has 6 heteroatoms. The average Bonchev–Trinajstić information content (AvgIpc) is 2.81. The summed E-state index contributed by atoms with van der Waals surface area (Å²) in [6.07, 6.45) is 0.264. The number of benzene rings is 1. The van der Waals surface area contributed by atoms with Crippen LogP contribution < -0.4 is 5.32 Å². The van der Waals surface area contributed by atoms with Crippen molar-refractivity contribution < 1.29 is 8.78 Å². The Labute approximate surface area is 131 Å². The first kappa shape index (κ1) is 15.1. The van der Waals surface area contributed by atoms with Gasteiger partial charge in [-0.15, -0.1) is 11.3 Å². The Morgan fingerprint density at radius 3 is 2.53 bits per heavy atom. The average molecular weight is 411 g/mol. The van der Waals surface area contributed by atoms with Crippen molar-refractivity contribution in [1.82, 2.24) is 5.32 Å². The van der Waals surface area contributed by atoms with Gasteiger partial charge < -0.3 is 5.32 Å². The van der Waals surface area contributed by atoms with E-state index >= 15 is 0 Å². The standard InChI is InChI=1S/C13H11Br2F2NS/c1-18-10(11-4-5-12(15)19-11)6-7-9(16)3-2-8(14)13(7)17/h2-5,10,18H,6H2,1H3. The first-order valence-electron chi connectivity index (χ1n) is 5.57. The minimum Gasteiger partial charge on any atom is -0.312 e. The SMILES string of the molecule is CNC(Cc1c(F)ccc(Br)c1F)c1ccc(Br)s1. The van der Waals surface area contributed by atoms with Gasteiger partial charge in [-0.2, -0.15) is 0 Å². The molecule has 0 fully saturated rings. The highest BCUT2D eigenvalue weighted by Gasteiger charge is 2.19. The van der Waals surface area contributed by atoms with Crippen LogP contribution in [0.25, 0.3) is 0 Å². The molecule has 1 aromatic carbocycles. The van der Waals surface area contributed by atoms with Crippen LogP contribution in [0, 0.1) is 11.6 Å². The summed E-state index contributed by atoms with van der Waals surface area (Å²) < 4.78 is 29.0. The predicted octanol–water partition coefficient (Wildman–Crippen LogP) is 5.05. The highest BCUT2D eigenvalue weighted by Crippen LogP contribution is 2.31. The number of thiophene rings is 1. The summed E-state index contributed by atoms with van der Waals surface area (Å²) in [6, 6.07) is 6.42. The quantitative estimate of drug-likeness (QED) is 0.695. The molecule has 0 aliphatic rings. The van der Waals surface area contributed by atoms with Crippen molar-refractivity contribution in [3.63, 3.8) is 0 Å². The number of rotatable bonds is 4. The largest absolute Gasteiger partial charge is 0.312 e. The lowest BCUT2D eigenvalue weighted by Crippen LogP contribution is -2.19. The van der Waals surface area contributed by atoms with Crippen LogP contribution in [0.2, 0.25) is 0 Å². The van der Waals surface area contributed by atoms with Gasteiger partial charge in [0.25, 0.3) is 0 Å². The van der Waals surface area contributed by atoms with Crippen LogP contribution in [0.3, 0.4) is 0 Å². The number of halogens is 4. The summed E-state index contributed by atoms with van der Waals surface area (Å²) in [4.78, 5) is 1.04. The summed E-state index contributed by atoms with van der Waals surface area (Å²) in [7, 11) is 1.78. The van der Waals surface area contributed by atoms with E-state index in [1.54, 1.807) is 18.4 Å². The Kier molecular flexibility index (Phi) is 5.11. The highest BCUT2D eigenvalue weighted by molar-refractivity contribution is 9.11. The molecule has 0 aliphatic heterocycles. The molecule has 1 nitrogen and oxygen atoms in total. The molecule has 0 bridgehead atoms. The van der Waals surface area contributed by atoms with Crippen LogP contribution >= 0.6 is 43.2 Å². The van der Waals surface area contributed by atoms with Crippen molar-refractivity contribution in [2.24, 2.45) is 0 Å². The first-order chi connectivity index (χ1) is 9.02. The van der Waals surface area contributed by atoms with E-state index in [9.17, 15) is 8.78 Å². The molecule has 0 aliphatic carbocycles. The topological polar surface area (TPSA) is 12.0 Å². The van der Waals surface area contributed by atoms with Gasteiger partial charge in [-0.3, -0.25) is 0 Å². The van der Waals surface area contributed by atoms with Gasteiger partial charge in [0.2, 0.25) is 0 Å². The normalized spacial score (nSPS) is 12.7. The van der Waals surface area contributed by atoms with Crippen LogP contribution in [0.4, 0.5) is 8.78 Å². The lowest BCUT2D eigenvalue weighted by Gasteiger charge is -2.16. The smallest absolute Gasteiger partial charge is 0.143 e. The van der Waals surface area contributed by atoms with Crippen molar-refractivity contribution in [2.45, 2.75) is 12.5 Å². The zero-order valence-electron chi connectivity index (χ0n) is 10.0. The summed E-state index contributed by atoms with van der Waals surface area (Å²) in [5.74, 6) is -1.05. The molecule has 1 unspecified atom stereocenters. The van der Waals surface area contributed by atoms with Crippen LogP contribution in [0.15, 0.2) is 32.5 Å². The second-order valence-electron chi connectivity index (χ2n) is 4.01. The second-order valence-corrected chi connectivity index (χ2v) is 7.36. The van der Waals surface area contributed by atoms with Crippen LogP contribution in [-0.4, -0.2) is 7.05 Å². The van der Waals surface area contributed by atoms with E-state index in [1.807, 2.05) is 12.1 Å². The Morgan fingerprint density at radius 2 is 1.95 bits per heavy atom. The fourth-order valence-electron chi connectivity index (χ4n) is 1.82. The van der Waals surface area contributed by atoms with E-state index in [0.717, 1.165) is 8.66 Å². The lowest BCUT2D eigenvalue weighted by molar-refractivity contribution is 0.516. The van der Waals surface area contributed by atoms with E-state index in [4.69, 9.17) is 0 Å². The molecule has 0 amide bonds. The maximum Gasteiger partial charge on any atom is 0.143 e. The minimum atomic E-state index is -0.532. The maximum atomic E-state index is 14.0. The monoisotopic (exact) mass is 409 g/mol. The molecule has 102 valence electrons. The molecule has 1 N–H and O–H groups in total. The Morgan fingerprint density at radius 1 is 1.21 bits per heavy atom. The molecular weight excluding hydrogens is 400 g/mol. The van der Waals surface area contributed by atoms with Crippen molar-refractivity contribution in [1.29, 1.82) is 0 Å². The minimum absolute atomic E-state index is 0.0956. The van der Waals surface area contributed by atoms with Gasteiger partial charge in [-0.1, -0.05) is 0 Å². The van der Waals surface area contributed by atoms with Gasteiger partial charge in [0.15, 0.2) is 0 Å². The molecular formula is C13H11Br2F2NS. The predicted molar refractivity (Wildman–Crippen MR) is 81.6 cm³/mol. The number of likely N-dealkylation sites (N-methyl/N-ethyl adjacent to an activating group) is 1. The van der Waals surface area contributed by atoms with Crippen molar-refractivity contribution in [2.75, 3.05) is 7.05 Å². The second kappa shape index (κ2) is 6.43. The molecule has 0 saturated heterocycles. The highest BCUT2D eigenvalue weighted by atomic mass is 79.9. The van der Waals surface area contributed by atoms with Crippen molar-refractivity contribution in [3.05, 3.63) is 54.6 Å². The molecule has 1 atom stereocenters. The van der Waals surface area contributed by atoms with Gasteiger partial charge >= 0.3 is 0 Å². The molecule has 1 aromatic heterocycles. The number of hydrogen-bond donors (Lipinski definition) is 1. The van der Waals surface area contributed by atoms with Gasteiger partial charge in [0, 0.05) is 16.5 Å². The van der Waals surface area contributed by atoms with Gasteiger partial charge in [-0.05, 0) is 69.6 Å². The third kappa shape index (κ3) is 3.42. The maximum absolute atomic E-state index is 14.0. The number of nitrogens with one attached hydrogen (secondary N) is 1. The molecule has 2 aromatic rings. The molecule has 0 saturated carbocycles. The van der Waals surface area contributed by atoms with Gasteiger partial charge in [0.05, 0.1) is 8.26 Å². The van der Waals surface area contributed by atoms with Crippen LogP contribution in [-0.2, 0) is 6.42 Å². The Bertz CT molecular complexity index is 586. The van der Waals surface area contributed by atoms with E-state index in [-0.39, 0.29) is 22.5 Å². The third-order valence-electron chi connectivity index (χ3n) is 2.83. The van der Waals surface area contributed by atoms with Crippen molar-refractivity contribution in [3.8, 4) is 0 Å². The van der Waals surface area contributed by atoms with Gasteiger partial charge in [0.1, 0.15) is 11.6 Å². The Balaban J connectivity index is 2.31. The molecule has 2 rings (SSSR count). The molecule has 1 heterocycles. The first-order valence-corrected chi connectivity index (χ1v) is 7.98. The fourth-order valence-corrected chi connectivity index (χ4v) is 3.73. The fraction of sp³-hybridized carbons (Fsp3) is 0.231. The summed E-state index contributed by atoms with van der Waals surface area (Å²) in [6.45, 7) is 0. The van der Waals surface area contributed by atoms with E-state index < -0.39 is 11.6 Å². The zero-order chi connectivity index (χ0) is 14.0. The summed E-state index contributed by atoms with van der Waals surface area (Å²) >= 11 is 8.03. The van der Waals surface area contributed by atoms with Gasteiger partial charge in [-0.25, -0.2) is 8.78 Å². The Hall–Kier alpha value is -0.300. The molecule has 0 spiro atoms. The van der Waals surface area contributed by atoms with E-state index in [2.05, 4.69) is 37.2 Å².